The SMILES string of the molecule is CC1(C)C(C(Br)c2ccc(C3CCCCC3)cc2)C1(C)C. The average molecular weight is 349 g/mol. The van der Waals surface area contributed by atoms with Crippen molar-refractivity contribution in [2.24, 2.45) is 16.7 Å². The largest absolute Gasteiger partial charge is 0.0835 e. The van der Waals surface area contributed by atoms with E-state index in [0.717, 1.165) is 11.8 Å². The van der Waals surface area contributed by atoms with E-state index in [1.54, 1.807) is 5.56 Å². The molecule has 0 saturated heterocycles. The first-order chi connectivity index (χ1) is 9.85. The maximum Gasteiger partial charge on any atom is 0.0434 e. The van der Waals surface area contributed by atoms with E-state index in [1.165, 1.54) is 37.7 Å². The van der Waals surface area contributed by atoms with Crippen LogP contribution in [0.25, 0.3) is 0 Å². The Balaban J connectivity index is 1.73. The second kappa shape index (κ2) is 5.41. The molecule has 2 aliphatic rings. The fraction of sp³-hybridized carbons (Fsp3) is 0.700. The standard InChI is InChI=1S/C20H29Br/c1-19(2)18(20(19,3)4)17(21)16-12-10-15(11-13-16)14-8-6-5-7-9-14/h10-14,17-18H,5-9H2,1-4H3. The van der Waals surface area contributed by atoms with Crippen molar-refractivity contribution in [1.29, 1.82) is 0 Å². The smallest absolute Gasteiger partial charge is 0.0434 e. The molecule has 0 heterocycles. The molecule has 0 amide bonds. The van der Waals surface area contributed by atoms with Gasteiger partial charge in [0.25, 0.3) is 0 Å². The van der Waals surface area contributed by atoms with Gasteiger partial charge < -0.3 is 0 Å². The van der Waals surface area contributed by atoms with Crippen LogP contribution in [0.2, 0.25) is 0 Å². The zero-order valence-electron chi connectivity index (χ0n) is 14.0. The first kappa shape index (κ1) is 15.6. The molecule has 0 bridgehead atoms. The quantitative estimate of drug-likeness (QED) is 0.523. The lowest BCUT2D eigenvalue weighted by Crippen LogP contribution is -2.05. The van der Waals surface area contributed by atoms with Crippen molar-refractivity contribution in [3.63, 3.8) is 0 Å². The molecule has 21 heavy (non-hydrogen) atoms. The topological polar surface area (TPSA) is 0 Å². The summed E-state index contributed by atoms with van der Waals surface area (Å²) in [6.07, 6.45) is 7.04. The van der Waals surface area contributed by atoms with E-state index in [0.29, 0.717) is 15.7 Å². The maximum absolute atomic E-state index is 3.98. The molecular formula is C20H29Br. The Morgan fingerprint density at radius 2 is 1.43 bits per heavy atom. The predicted octanol–water partition coefficient (Wildman–Crippen LogP) is 6.85. The summed E-state index contributed by atoms with van der Waals surface area (Å²) >= 11 is 3.98. The van der Waals surface area contributed by atoms with Gasteiger partial charge in [0, 0.05) is 4.83 Å². The highest BCUT2D eigenvalue weighted by Gasteiger charge is 2.66. The maximum atomic E-state index is 3.98. The summed E-state index contributed by atoms with van der Waals surface area (Å²) in [5, 5.41) is 0. The van der Waals surface area contributed by atoms with E-state index in [-0.39, 0.29) is 0 Å². The molecule has 1 aromatic carbocycles. The Kier molecular flexibility index (Phi) is 4.01. The van der Waals surface area contributed by atoms with Crippen LogP contribution in [0, 0.1) is 16.7 Å². The summed E-state index contributed by atoms with van der Waals surface area (Å²) in [4.78, 5) is 0.489. The summed E-state index contributed by atoms with van der Waals surface area (Å²) in [5.74, 6) is 1.54. The Bertz CT molecular complexity index is 477. The Morgan fingerprint density at radius 1 is 0.905 bits per heavy atom. The Morgan fingerprint density at radius 3 is 1.90 bits per heavy atom. The molecular weight excluding hydrogens is 320 g/mol. The third-order valence-electron chi connectivity index (χ3n) is 6.76. The molecule has 1 aromatic rings. The normalized spacial score (nSPS) is 26.5. The Labute approximate surface area is 138 Å². The fourth-order valence-electron chi connectivity index (χ4n) is 4.56. The van der Waals surface area contributed by atoms with Gasteiger partial charge in [-0.05, 0) is 46.6 Å². The van der Waals surface area contributed by atoms with Crippen LogP contribution >= 0.6 is 15.9 Å². The highest BCUT2D eigenvalue weighted by Crippen LogP contribution is 2.73. The van der Waals surface area contributed by atoms with E-state index < -0.39 is 0 Å². The first-order valence-electron chi connectivity index (χ1n) is 8.59. The third-order valence-corrected chi connectivity index (χ3v) is 7.81. The molecule has 0 radical (unpaired) electrons. The van der Waals surface area contributed by atoms with E-state index in [9.17, 15) is 0 Å². The number of hydrogen-bond acceptors (Lipinski definition) is 0. The third kappa shape index (κ3) is 2.60. The second-order valence-corrected chi connectivity index (χ2v) is 9.31. The molecule has 0 N–H and O–H groups in total. The summed E-state index contributed by atoms with van der Waals surface area (Å²) in [5.41, 5.74) is 3.89. The first-order valence-corrected chi connectivity index (χ1v) is 9.51. The van der Waals surface area contributed by atoms with E-state index in [2.05, 4.69) is 67.9 Å². The predicted molar refractivity (Wildman–Crippen MR) is 95.0 cm³/mol. The molecule has 0 aromatic heterocycles. The van der Waals surface area contributed by atoms with Gasteiger partial charge >= 0.3 is 0 Å². The molecule has 0 aliphatic heterocycles. The van der Waals surface area contributed by atoms with Crippen LogP contribution < -0.4 is 0 Å². The highest BCUT2D eigenvalue weighted by atomic mass is 79.9. The lowest BCUT2D eigenvalue weighted by Gasteiger charge is -2.22. The molecule has 116 valence electrons. The van der Waals surface area contributed by atoms with Crippen LogP contribution in [0.1, 0.15) is 81.7 Å². The number of alkyl halides is 1. The molecule has 2 aliphatic carbocycles. The van der Waals surface area contributed by atoms with Crippen LogP contribution in [0.5, 0.6) is 0 Å². The summed E-state index contributed by atoms with van der Waals surface area (Å²) in [7, 11) is 0. The van der Waals surface area contributed by atoms with Crippen molar-refractivity contribution in [2.45, 2.75) is 70.5 Å². The van der Waals surface area contributed by atoms with Crippen LogP contribution in [-0.2, 0) is 0 Å². The molecule has 1 heteroatoms. The molecule has 3 rings (SSSR count). The van der Waals surface area contributed by atoms with E-state index in [1.807, 2.05) is 0 Å². The molecule has 1 atom stereocenters. The van der Waals surface area contributed by atoms with Crippen molar-refractivity contribution in [2.75, 3.05) is 0 Å². The lowest BCUT2D eigenvalue weighted by atomic mass is 9.84. The molecule has 2 fully saturated rings. The van der Waals surface area contributed by atoms with Crippen LogP contribution in [0.15, 0.2) is 24.3 Å². The van der Waals surface area contributed by atoms with Gasteiger partial charge in [-0.25, -0.2) is 0 Å². The summed E-state index contributed by atoms with van der Waals surface area (Å²) < 4.78 is 0. The summed E-state index contributed by atoms with van der Waals surface area (Å²) in [6.45, 7) is 9.62. The fourth-order valence-corrected chi connectivity index (χ4v) is 6.19. The summed E-state index contributed by atoms with van der Waals surface area (Å²) in [6, 6.07) is 9.52. The number of benzene rings is 1. The monoisotopic (exact) mass is 348 g/mol. The molecule has 0 spiro atoms. The van der Waals surface area contributed by atoms with Crippen LogP contribution in [-0.4, -0.2) is 0 Å². The second-order valence-electron chi connectivity index (χ2n) is 8.32. The van der Waals surface area contributed by atoms with E-state index >= 15 is 0 Å². The van der Waals surface area contributed by atoms with Gasteiger partial charge in [0.1, 0.15) is 0 Å². The van der Waals surface area contributed by atoms with Crippen molar-refractivity contribution in [3.8, 4) is 0 Å². The minimum atomic E-state index is 0.434. The van der Waals surface area contributed by atoms with Crippen molar-refractivity contribution in [1.82, 2.24) is 0 Å². The zero-order chi connectivity index (χ0) is 15.3. The van der Waals surface area contributed by atoms with Gasteiger partial charge in [0.15, 0.2) is 0 Å². The van der Waals surface area contributed by atoms with E-state index in [4.69, 9.17) is 0 Å². The number of rotatable bonds is 3. The van der Waals surface area contributed by atoms with Crippen LogP contribution in [0.4, 0.5) is 0 Å². The van der Waals surface area contributed by atoms with Crippen molar-refractivity contribution in [3.05, 3.63) is 35.4 Å². The van der Waals surface area contributed by atoms with Gasteiger partial charge in [-0.15, -0.1) is 0 Å². The zero-order valence-corrected chi connectivity index (χ0v) is 15.5. The van der Waals surface area contributed by atoms with Gasteiger partial charge in [-0.2, -0.15) is 0 Å². The van der Waals surface area contributed by atoms with Crippen molar-refractivity contribution < 1.29 is 0 Å². The van der Waals surface area contributed by atoms with Gasteiger partial charge in [-0.1, -0.05) is 87.2 Å². The average Bonchev–Trinajstić information content (AvgIpc) is 2.89. The Hall–Kier alpha value is -0.300. The molecule has 0 nitrogen and oxygen atoms in total. The minimum Gasteiger partial charge on any atom is -0.0835 e. The lowest BCUT2D eigenvalue weighted by molar-refractivity contribution is 0.443. The van der Waals surface area contributed by atoms with Gasteiger partial charge in [-0.3, -0.25) is 0 Å². The van der Waals surface area contributed by atoms with Gasteiger partial charge in [0.2, 0.25) is 0 Å². The van der Waals surface area contributed by atoms with Crippen LogP contribution in [0.3, 0.4) is 0 Å². The number of halogens is 1. The van der Waals surface area contributed by atoms with Gasteiger partial charge in [0.05, 0.1) is 0 Å². The highest BCUT2D eigenvalue weighted by molar-refractivity contribution is 9.09. The number of hydrogen-bond donors (Lipinski definition) is 0. The molecule has 1 unspecified atom stereocenters. The molecule has 2 saturated carbocycles. The van der Waals surface area contributed by atoms with Crippen molar-refractivity contribution >= 4 is 15.9 Å². The minimum absolute atomic E-state index is 0.434.